The van der Waals surface area contributed by atoms with Crippen LogP contribution in [-0.2, 0) is 16.6 Å². The van der Waals surface area contributed by atoms with E-state index in [1.165, 1.54) is 11.6 Å². The lowest BCUT2D eigenvalue weighted by Crippen LogP contribution is -2.33. The first kappa shape index (κ1) is 22.2. The first-order valence-electron chi connectivity index (χ1n) is 11.1. The zero-order valence-electron chi connectivity index (χ0n) is 18.2. The molecule has 4 heteroatoms. The van der Waals surface area contributed by atoms with Crippen LogP contribution in [0.5, 0.6) is 0 Å². The number of unbranched alkanes of at least 4 members (excludes halogenated alkanes) is 1. The summed E-state index contributed by atoms with van der Waals surface area (Å²) in [6, 6.07) is 11.0. The molecular weight excluding hydrogens is 375 g/mol. The second kappa shape index (κ2) is 10.0. The maximum atomic E-state index is 13.9. The minimum atomic E-state index is -0.196. The zero-order valence-corrected chi connectivity index (χ0v) is 18.2. The molecule has 1 fully saturated rings. The number of carbonyl (C=O) groups is 1. The molecule has 1 amide bonds. The van der Waals surface area contributed by atoms with Crippen molar-refractivity contribution in [2.24, 2.45) is 5.41 Å². The summed E-state index contributed by atoms with van der Waals surface area (Å²) in [5.74, 6) is -0.237. The molecule has 0 radical (unpaired) electrons. The molecule has 0 saturated heterocycles. The van der Waals surface area contributed by atoms with Gasteiger partial charge in [-0.1, -0.05) is 44.5 Å². The summed E-state index contributed by atoms with van der Waals surface area (Å²) in [7, 11) is 0. The van der Waals surface area contributed by atoms with E-state index in [-0.39, 0.29) is 22.6 Å². The number of benzene rings is 1. The van der Waals surface area contributed by atoms with E-state index in [0.717, 1.165) is 50.5 Å². The number of nitrogens with one attached hydrogen (secondary N) is 1. The molecule has 1 aliphatic carbocycles. The average molecular weight is 409 g/mol. The van der Waals surface area contributed by atoms with Crippen LogP contribution in [0, 0.1) is 11.2 Å². The summed E-state index contributed by atoms with van der Waals surface area (Å²) in [5.41, 5.74) is 2.04. The van der Waals surface area contributed by atoms with Crippen LogP contribution in [0.3, 0.4) is 0 Å². The molecule has 3 rings (SSSR count). The van der Waals surface area contributed by atoms with E-state index in [9.17, 15) is 9.18 Å². The molecule has 1 N–H and O–H groups in total. The van der Waals surface area contributed by atoms with Gasteiger partial charge in [-0.3, -0.25) is 9.78 Å². The quantitative estimate of drug-likeness (QED) is 0.380. The van der Waals surface area contributed by atoms with Gasteiger partial charge in [0, 0.05) is 24.4 Å². The number of pyridine rings is 1. The van der Waals surface area contributed by atoms with Gasteiger partial charge < -0.3 is 5.32 Å². The molecule has 1 heterocycles. The molecule has 3 nitrogen and oxygen atoms in total. The van der Waals surface area contributed by atoms with E-state index in [1.54, 1.807) is 24.4 Å². The van der Waals surface area contributed by atoms with Crippen molar-refractivity contribution in [2.45, 2.75) is 64.2 Å². The number of carbonyl (C=O) groups excluding carboxylic acids is 1. The second-order valence-electron chi connectivity index (χ2n) is 8.69. The van der Waals surface area contributed by atoms with E-state index >= 15 is 0 Å². The molecular formula is C26H33FN2O. The third-order valence-corrected chi connectivity index (χ3v) is 6.57. The predicted molar refractivity (Wildman–Crippen MR) is 120 cm³/mol. The first-order chi connectivity index (χ1) is 14.5. The van der Waals surface area contributed by atoms with Crippen LogP contribution < -0.4 is 5.32 Å². The standard InChI is InChI=1S/C26H33FN2O/c1-3-13-25(2,22-10-6-11-23(27)19-22)26(15-16-26)14-12-24(30)29-18-5-4-8-21-9-7-17-28-20-21/h6-7,9-12,14,17,19-20H,3-5,8,13,15-16,18H2,1-2H3,(H,29,30)/b14-12-. The van der Waals surface area contributed by atoms with Crippen LogP contribution in [0.4, 0.5) is 4.39 Å². The van der Waals surface area contributed by atoms with E-state index in [1.807, 2.05) is 18.3 Å². The largest absolute Gasteiger partial charge is 0.353 e. The van der Waals surface area contributed by atoms with Gasteiger partial charge in [0.05, 0.1) is 0 Å². The van der Waals surface area contributed by atoms with Gasteiger partial charge in [-0.25, -0.2) is 4.39 Å². The Morgan fingerprint density at radius 2 is 2.10 bits per heavy atom. The summed E-state index contributed by atoms with van der Waals surface area (Å²) in [6.07, 6.45) is 14.5. The summed E-state index contributed by atoms with van der Waals surface area (Å²) >= 11 is 0. The van der Waals surface area contributed by atoms with Gasteiger partial charge in [0.15, 0.2) is 0 Å². The number of hydrogen-bond acceptors (Lipinski definition) is 2. The van der Waals surface area contributed by atoms with E-state index < -0.39 is 0 Å². The minimum Gasteiger partial charge on any atom is -0.353 e. The van der Waals surface area contributed by atoms with Crippen molar-refractivity contribution < 1.29 is 9.18 Å². The lowest BCUT2D eigenvalue weighted by molar-refractivity contribution is -0.116. The highest BCUT2D eigenvalue weighted by Gasteiger charge is 2.55. The van der Waals surface area contributed by atoms with Crippen LogP contribution in [0.15, 0.2) is 60.9 Å². The molecule has 1 saturated carbocycles. The summed E-state index contributed by atoms with van der Waals surface area (Å²) in [5, 5.41) is 3.00. The fourth-order valence-electron chi connectivity index (χ4n) is 4.56. The topological polar surface area (TPSA) is 42.0 Å². The van der Waals surface area contributed by atoms with Gasteiger partial charge in [0.1, 0.15) is 5.82 Å². The SMILES string of the molecule is CCCC(C)(c1cccc(F)c1)C1(/C=C\C(=O)NCCCCc2cccnc2)CC1. The Kier molecular flexibility index (Phi) is 7.41. The third kappa shape index (κ3) is 5.35. The smallest absolute Gasteiger partial charge is 0.243 e. The number of rotatable bonds is 11. The number of hydrogen-bond donors (Lipinski definition) is 1. The molecule has 1 unspecified atom stereocenters. The molecule has 1 aromatic heterocycles. The Morgan fingerprint density at radius 3 is 2.77 bits per heavy atom. The van der Waals surface area contributed by atoms with Gasteiger partial charge in [-0.15, -0.1) is 0 Å². The Hall–Kier alpha value is -2.49. The Morgan fingerprint density at radius 1 is 1.27 bits per heavy atom. The molecule has 2 aromatic rings. The Balaban J connectivity index is 1.53. The molecule has 160 valence electrons. The summed E-state index contributed by atoms with van der Waals surface area (Å²) < 4.78 is 13.9. The van der Waals surface area contributed by atoms with Crippen molar-refractivity contribution in [1.29, 1.82) is 0 Å². The predicted octanol–water partition coefficient (Wildman–Crippen LogP) is 5.75. The lowest BCUT2D eigenvalue weighted by atomic mass is 9.66. The van der Waals surface area contributed by atoms with Crippen molar-refractivity contribution in [1.82, 2.24) is 10.3 Å². The zero-order chi connectivity index (χ0) is 21.5. The minimum absolute atomic E-state index is 0.0410. The van der Waals surface area contributed by atoms with Crippen LogP contribution in [0.2, 0.25) is 0 Å². The molecule has 1 aliphatic rings. The second-order valence-corrected chi connectivity index (χ2v) is 8.69. The Labute approximate surface area is 179 Å². The number of aromatic nitrogens is 1. The molecule has 0 spiro atoms. The molecule has 0 aliphatic heterocycles. The van der Waals surface area contributed by atoms with Crippen molar-refractivity contribution in [3.63, 3.8) is 0 Å². The van der Waals surface area contributed by atoms with Gasteiger partial charge in [0.25, 0.3) is 0 Å². The highest BCUT2D eigenvalue weighted by Crippen LogP contribution is 2.62. The summed E-state index contributed by atoms with van der Waals surface area (Å²) in [4.78, 5) is 16.5. The van der Waals surface area contributed by atoms with Gasteiger partial charge >= 0.3 is 0 Å². The van der Waals surface area contributed by atoms with E-state index in [0.29, 0.717) is 6.54 Å². The van der Waals surface area contributed by atoms with Crippen molar-refractivity contribution in [3.8, 4) is 0 Å². The molecule has 1 atom stereocenters. The van der Waals surface area contributed by atoms with Crippen molar-refractivity contribution in [2.75, 3.05) is 6.54 Å². The average Bonchev–Trinajstić information content (AvgIpc) is 3.55. The maximum absolute atomic E-state index is 13.9. The third-order valence-electron chi connectivity index (χ3n) is 6.57. The number of halogens is 1. The Bertz CT molecular complexity index is 860. The molecule has 30 heavy (non-hydrogen) atoms. The molecule has 1 aromatic carbocycles. The number of nitrogens with zero attached hydrogens (tertiary/aromatic N) is 1. The van der Waals surface area contributed by atoms with Crippen LogP contribution in [0.1, 0.15) is 63.5 Å². The monoisotopic (exact) mass is 408 g/mol. The maximum Gasteiger partial charge on any atom is 0.243 e. The van der Waals surface area contributed by atoms with Crippen molar-refractivity contribution in [3.05, 3.63) is 77.9 Å². The highest BCUT2D eigenvalue weighted by atomic mass is 19.1. The van der Waals surface area contributed by atoms with Gasteiger partial charge in [-0.05, 0) is 79.3 Å². The number of allylic oxidation sites excluding steroid dienone is 1. The lowest BCUT2D eigenvalue weighted by Gasteiger charge is -2.37. The van der Waals surface area contributed by atoms with Crippen LogP contribution in [-0.4, -0.2) is 17.4 Å². The van der Waals surface area contributed by atoms with E-state index in [2.05, 4.69) is 36.3 Å². The van der Waals surface area contributed by atoms with Crippen molar-refractivity contribution >= 4 is 5.91 Å². The fourth-order valence-corrected chi connectivity index (χ4v) is 4.56. The normalized spacial score (nSPS) is 16.9. The fraction of sp³-hybridized carbons (Fsp3) is 0.462. The van der Waals surface area contributed by atoms with Gasteiger partial charge in [-0.2, -0.15) is 0 Å². The van der Waals surface area contributed by atoms with Gasteiger partial charge in [0.2, 0.25) is 5.91 Å². The number of amides is 1. The highest BCUT2D eigenvalue weighted by molar-refractivity contribution is 5.87. The van der Waals surface area contributed by atoms with Crippen LogP contribution >= 0.6 is 0 Å². The summed E-state index contributed by atoms with van der Waals surface area (Å²) in [6.45, 7) is 5.06. The van der Waals surface area contributed by atoms with Crippen LogP contribution in [0.25, 0.3) is 0 Å². The first-order valence-corrected chi connectivity index (χ1v) is 11.1. The van der Waals surface area contributed by atoms with E-state index in [4.69, 9.17) is 0 Å². The molecule has 0 bridgehead atoms. The number of aryl methyl sites for hydroxylation is 1.